The van der Waals surface area contributed by atoms with Gasteiger partial charge in [0, 0.05) is 15.5 Å². The molecule has 0 spiro atoms. The Hall–Kier alpha value is -2.47. The molecule has 0 amide bonds. The lowest BCUT2D eigenvalue weighted by molar-refractivity contribution is 0.363. The molecule has 142 valence electrons. The Morgan fingerprint density at radius 3 is 2.54 bits per heavy atom. The highest BCUT2D eigenvalue weighted by Crippen LogP contribution is 2.27. The van der Waals surface area contributed by atoms with Gasteiger partial charge in [0.1, 0.15) is 0 Å². The van der Waals surface area contributed by atoms with Gasteiger partial charge in [-0.3, -0.25) is 5.32 Å². The van der Waals surface area contributed by atoms with Crippen molar-refractivity contribution in [2.45, 2.75) is 25.9 Å². The summed E-state index contributed by atoms with van der Waals surface area (Å²) < 4.78 is 5.44. The van der Waals surface area contributed by atoms with Crippen LogP contribution in [-0.2, 0) is 13.0 Å². The molecule has 0 saturated carbocycles. The third-order valence-corrected chi connectivity index (χ3v) is 5.77. The van der Waals surface area contributed by atoms with E-state index in [-0.39, 0.29) is 6.04 Å². The van der Waals surface area contributed by atoms with Gasteiger partial charge in [-0.25, -0.2) is 0 Å². The van der Waals surface area contributed by atoms with Gasteiger partial charge in [0.25, 0.3) is 0 Å². The number of aryl methyl sites for hydroxylation is 1. The monoisotopic (exact) mass is 409 g/mol. The van der Waals surface area contributed by atoms with E-state index in [0.29, 0.717) is 23.3 Å². The van der Waals surface area contributed by atoms with Crippen molar-refractivity contribution in [1.29, 1.82) is 0 Å². The quantitative estimate of drug-likeness (QED) is 0.413. The standard InChI is InChI=1S/C22H20ClN3OS/c1-2-15-5-7-16(8-6-15)21(19-4-3-13-28-19)24-14-20-25-22(26-27-20)17-9-11-18(23)12-10-17/h3-13,21,24H,2,14H2,1H3/t21-/m0/s1. The van der Waals surface area contributed by atoms with Crippen molar-refractivity contribution in [3.05, 3.63) is 93.0 Å². The number of benzene rings is 2. The van der Waals surface area contributed by atoms with Crippen LogP contribution in [0.1, 0.15) is 34.9 Å². The molecule has 0 radical (unpaired) electrons. The minimum atomic E-state index is 0.0804. The summed E-state index contributed by atoms with van der Waals surface area (Å²) in [5.41, 5.74) is 3.43. The molecule has 1 N–H and O–H groups in total. The van der Waals surface area contributed by atoms with Gasteiger partial charge in [0.15, 0.2) is 0 Å². The zero-order chi connectivity index (χ0) is 19.3. The Labute approximate surface area is 173 Å². The summed E-state index contributed by atoms with van der Waals surface area (Å²) in [4.78, 5) is 5.76. The van der Waals surface area contributed by atoms with Crippen LogP contribution in [0.15, 0.2) is 70.6 Å². The van der Waals surface area contributed by atoms with E-state index in [1.807, 2.05) is 24.3 Å². The van der Waals surface area contributed by atoms with Crippen LogP contribution in [0, 0.1) is 0 Å². The molecule has 0 unspecified atom stereocenters. The van der Waals surface area contributed by atoms with E-state index in [1.165, 1.54) is 16.0 Å². The molecule has 4 rings (SSSR count). The Balaban J connectivity index is 1.51. The van der Waals surface area contributed by atoms with Crippen LogP contribution >= 0.6 is 22.9 Å². The van der Waals surface area contributed by atoms with Crippen LogP contribution in [0.25, 0.3) is 11.4 Å². The molecule has 1 atom stereocenters. The summed E-state index contributed by atoms with van der Waals surface area (Å²) in [5, 5.41) is 10.4. The maximum atomic E-state index is 5.94. The smallest absolute Gasteiger partial charge is 0.240 e. The van der Waals surface area contributed by atoms with Crippen molar-refractivity contribution >= 4 is 22.9 Å². The van der Waals surface area contributed by atoms with Gasteiger partial charge < -0.3 is 4.52 Å². The molecule has 4 aromatic rings. The van der Waals surface area contributed by atoms with Crippen molar-refractivity contribution < 1.29 is 4.52 Å². The van der Waals surface area contributed by atoms with Crippen molar-refractivity contribution in [1.82, 2.24) is 15.5 Å². The highest BCUT2D eigenvalue weighted by molar-refractivity contribution is 7.10. The Morgan fingerprint density at radius 1 is 1.07 bits per heavy atom. The van der Waals surface area contributed by atoms with E-state index >= 15 is 0 Å². The number of hydrogen-bond acceptors (Lipinski definition) is 5. The molecule has 0 aliphatic heterocycles. The molecule has 0 fully saturated rings. The zero-order valence-corrected chi connectivity index (χ0v) is 17.0. The van der Waals surface area contributed by atoms with Crippen LogP contribution < -0.4 is 5.32 Å². The maximum absolute atomic E-state index is 5.94. The predicted molar refractivity (Wildman–Crippen MR) is 114 cm³/mol. The summed E-state index contributed by atoms with van der Waals surface area (Å²) in [5.74, 6) is 1.12. The van der Waals surface area contributed by atoms with Gasteiger partial charge >= 0.3 is 0 Å². The van der Waals surface area contributed by atoms with E-state index in [1.54, 1.807) is 11.3 Å². The fourth-order valence-corrected chi connectivity index (χ4v) is 3.97. The largest absolute Gasteiger partial charge is 0.338 e. The third kappa shape index (κ3) is 4.33. The van der Waals surface area contributed by atoms with Crippen molar-refractivity contribution in [2.24, 2.45) is 0 Å². The highest BCUT2D eigenvalue weighted by Gasteiger charge is 2.17. The Bertz CT molecular complexity index is 1010. The van der Waals surface area contributed by atoms with Crippen LogP contribution in [0.5, 0.6) is 0 Å². The minimum Gasteiger partial charge on any atom is -0.338 e. The molecule has 6 heteroatoms. The van der Waals surface area contributed by atoms with Gasteiger partial charge in [-0.2, -0.15) is 4.98 Å². The van der Waals surface area contributed by atoms with Gasteiger partial charge in [0.05, 0.1) is 12.6 Å². The number of halogens is 1. The Kier molecular flexibility index (Phi) is 5.86. The average molecular weight is 410 g/mol. The molecular formula is C22H20ClN3OS. The molecule has 4 nitrogen and oxygen atoms in total. The zero-order valence-electron chi connectivity index (χ0n) is 15.4. The highest BCUT2D eigenvalue weighted by atomic mass is 35.5. The van der Waals surface area contributed by atoms with E-state index in [9.17, 15) is 0 Å². The van der Waals surface area contributed by atoms with E-state index in [2.05, 4.69) is 64.2 Å². The molecule has 0 aliphatic carbocycles. The summed E-state index contributed by atoms with van der Waals surface area (Å²) in [7, 11) is 0. The second-order valence-electron chi connectivity index (χ2n) is 6.44. The van der Waals surface area contributed by atoms with Crippen molar-refractivity contribution in [3.63, 3.8) is 0 Å². The molecule has 0 saturated heterocycles. The molecule has 28 heavy (non-hydrogen) atoms. The van der Waals surface area contributed by atoms with Gasteiger partial charge in [-0.05, 0) is 53.3 Å². The molecule has 2 aromatic carbocycles. The topological polar surface area (TPSA) is 51.0 Å². The number of nitrogens with zero attached hydrogens (tertiary/aromatic N) is 2. The Morgan fingerprint density at radius 2 is 1.86 bits per heavy atom. The lowest BCUT2D eigenvalue weighted by Crippen LogP contribution is -2.21. The summed E-state index contributed by atoms with van der Waals surface area (Å²) in [6.07, 6.45) is 1.03. The van der Waals surface area contributed by atoms with Gasteiger partial charge in [-0.1, -0.05) is 54.0 Å². The first-order chi connectivity index (χ1) is 13.7. The van der Waals surface area contributed by atoms with E-state index in [4.69, 9.17) is 16.1 Å². The van der Waals surface area contributed by atoms with Crippen molar-refractivity contribution in [3.8, 4) is 11.4 Å². The minimum absolute atomic E-state index is 0.0804. The van der Waals surface area contributed by atoms with Gasteiger partial charge in [-0.15, -0.1) is 11.3 Å². The summed E-state index contributed by atoms with van der Waals surface area (Å²) in [6.45, 7) is 2.65. The van der Waals surface area contributed by atoms with Gasteiger partial charge in [0.2, 0.25) is 11.7 Å². The molecule has 2 heterocycles. The van der Waals surface area contributed by atoms with E-state index < -0.39 is 0 Å². The number of nitrogens with one attached hydrogen (secondary N) is 1. The molecule has 0 bridgehead atoms. The number of rotatable bonds is 7. The maximum Gasteiger partial charge on any atom is 0.240 e. The second-order valence-corrected chi connectivity index (χ2v) is 7.86. The number of aromatic nitrogens is 2. The average Bonchev–Trinajstić information content (AvgIpc) is 3.42. The summed E-state index contributed by atoms with van der Waals surface area (Å²) >= 11 is 7.67. The first-order valence-electron chi connectivity index (χ1n) is 9.17. The second kappa shape index (κ2) is 8.69. The normalized spacial score (nSPS) is 12.2. The SMILES string of the molecule is CCc1ccc([C@H](NCc2nc(-c3ccc(Cl)cc3)no2)c2cccs2)cc1. The third-order valence-electron chi connectivity index (χ3n) is 4.58. The number of thiophene rings is 1. The molecule has 0 aliphatic rings. The molecule has 2 aromatic heterocycles. The van der Waals surface area contributed by atoms with Crippen molar-refractivity contribution in [2.75, 3.05) is 0 Å². The summed E-state index contributed by atoms with van der Waals surface area (Å²) in [6, 6.07) is 20.4. The van der Waals surface area contributed by atoms with Crippen LogP contribution in [0.4, 0.5) is 0 Å². The first-order valence-corrected chi connectivity index (χ1v) is 10.4. The molecular weight excluding hydrogens is 390 g/mol. The lowest BCUT2D eigenvalue weighted by atomic mass is 10.0. The number of hydrogen-bond donors (Lipinski definition) is 1. The predicted octanol–water partition coefficient (Wildman–Crippen LogP) is 5.89. The van der Waals surface area contributed by atoms with Crippen LogP contribution in [-0.4, -0.2) is 10.1 Å². The fourth-order valence-electron chi connectivity index (χ4n) is 3.02. The van der Waals surface area contributed by atoms with Crippen LogP contribution in [0.3, 0.4) is 0 Å². The van der Waals surface area contributed by atoms with Crippen LogP contribution in [0.2, 0.25) is 5.02 Å². The first kappa shape index (κ1) is 18.9. The lowest BCUT2D eigenvalue weighted by Gasteiger charge is -2.17. The fraction of sp³-hybridized carbons (Fsp3) is 0.182. The van der Waals surface area contributed by atoms with E-state index in [0.717, 1.165) is 12.0 Å².